The summed E-state index contributed by atoms with van der Waals surface area (Å²) in [7, 11) is 0. The Balaban J connectivity index is 1.78. The van der Waals surface area contributed by atoms with Crippen LogP contribution in [0.25, 0.3) is 0 Å². The Hall–Kier alpha value is -2.82. The largest absolute Gasteiger partial charge is 0.376 e. The highest BCUT2D eigenvalue weighted by Gasteiger charge is 2.08. The van der Waals surface area contributed by atoms with Crippen molar-refractivity contribution < 1.29 is 9.59 Å². The van der Waals surface area contributed by atoms with Gasteiger partial charge in [0.2, 0.25) is 0 Å². The van der Waals surface area contributed by atoms with E-state index in [9.17, 15) is 9.59 Å². The zero-order valence-electron chi connectivity index (χ0n) is 15.7. The first-order valence-corrected chi connectivity index (χ1v) is 8.99. The van der Waals surface area contributed by atoms with Gasteiger partial charge in [-0.15, -0.1) is 0 Å². The molecule has 0 spiro atoms. The molecule has 2 aromatic rings. The van der Waals surface area contributed by atoms with Crippen LogP contribution in [0.3, 0.4) is 0 Å². The van der Waals surface area contributed by atoms with Crippen molar-refractivity contribution in [2.24, 2.45) is 0 Å². The number of anilines is 1. The molecule has 5 heteroatoms. The second-order valence-electron chi connectivity index (χ2n) is 6.47. The Kier molecular flexibility index (Phi) is 7.21. The van der Waals surface area contributed by atoms with Crippen LogP contribution in [0.15, 0.2) is 42.5 Å². The van der Waals surface area contributed by atoms with E-state index in [-0.39, 0.29) is 18.4 Å². The summed E-state index contributed by atoms with van der Waals surface area (Å²) in [5, 5.41) is 3.07. The molecule has 138 valence electrons. The molecule has 0 aliphatic rings. The van der Waals surface area contributed by atoms with Gasteiger partial charge in [0.05, 0.1) is 6.54 Å². The van der Waals surface area contributed by atoms with E-state index in [0.29, 0.717) is 5.56 Å². The summed E-state index contributed by atoms with van der Waals surface area (Å²) < 4.78 is 0. The molecule has 0 unspecified atom stereocenters. The Bertz CT molecular complexity index is 754. The molecule has 0 aromatic heterocycles. The van der Waals surface area contributed by atoms with Gasteiger partial charge in [-0.25, -0.2) is 0 Å². The first-order chi connectivity index (χ1) is 12.5. The molecule has 26 heavy (non-hydrogen) atoms. The van der Waals surface area contributed by atoms with E-state index in [0.717, 1.165) is 30.5 Å². The summed E-state index contributed by atoms with van der Waals surface area (Å²) in [5.74, 6) is -0.634. The van der Waals surface area contributed by atoms with Crippen molar-refractivity contribution in [2.75, 3.05) is 11.9 Å². The third kappa shape index (κ3) is 5.92. The molecule has 0 saturated carbocycles. The average Bonchev–Trinajstić information content (AvgIpc) is 2.64. The molecule has 2 aromatic carbocycles. The van der Waals surface area contributed by atoms with Gasteiger partial charge in [0.15, 0.2) is 0 Å². The van der Waals surface area contributed by atoms with Crippen molar-refractivity contribution in [3.8, 4) is 0 Å². The third-order valence-corrected chi connectivity index (χ3v) is 4.17. The number of carbonyl (C=O) groups is 2. The zero-order chi connectivity index (χ0) is 18.9. The Labute approximate surface area is 155 Å². The van der Waals surface area contributed by atoms with Crippen molar-refractivity contribution in [3.05, 3.63) is 64.7 Å². The van der Waals surface area contributed by atoms with Crippen LogP contribution in [0, 0.1) is 13.8 Å². The van der Waals surface area contributed by atoms with Crippen LogP contribution in [-0.4, -0.2) is 18.4 Å². The first kappa shape index (κ1) is 19.5. The second kappa shape index (κ2) is 9.61. The van der Waals surface area contributed by atoms with E-state index in [2.05, 4.69) is 23.1 Å². The van der Waals surface area contributed by atoms with Gasteiger partial charge in [-0.1, -0.05) is 43.2 Å². The summed E-state index contributed by atoms with van der Waals surface area (Å²) in [4.78, 5) is 24.0. The standard InChI is InChI=1S/C21H27N3O2/c1-4-5-6-17-8-10-18(11-9-17)21(26)24-23-20(25)14-22-19-12-7-15(2)13-16(19)3/h7-13,22H,4-6,14H2,1-3H3,(H,23,25)(H,24,26). The fraction of sp³-hybridized carbons (Fsp3) is 0.333. The van der Waals surface area contributed by atoms with Gasteiger partial charge in [0, 0.05) is 11.3 Å². The summed E-state index contributed by atoms with van der Waals surface area (Å²) in [6, 6.07) is 13.4. The Morgan fingerprint density at radius 3 is 2.35 bits per heavy atom. The Morgan fingerprint density at radius 1 is 0.962 bits per heavy atom. The van der Waals surface area contributed by atoms with Crippen molar-refractivity contribution in [1.82, 2.24) is 10.9 Å². The van der Waals surface area contributed by atoms with Crippen LogP contribution in [0.1, 0.15) is 46.8 Å². The summed E-state index contributed by atoms with van der Waals surface area (Å²) in [6.45, 7) is 6.24. The molecule has 0 fully saturated rings. The first-order valence-electron chi connectivity index (χ1n) is 8.99. The average molecular weight is 353 g/mol. The number of hydrogen-bond acceptors (Lipinski definition) is 3. The molecule has 0 bridgehead atoms. The molecule has 0 atom stereocenters. The quantitative estimate of drug-likeness (QED) is 0.667. The molecule has 0 heterocycles. The number of aryl methyl sites for hydroxylation is 3. The SMILES string of the molecule is CCCCc1ccc(C(=O)NNC(=O)CNc2ccc(C)cc2C)cc1. The van der Waals surface area contributed by atoms with Gasteiger partial charge in [-0.2, -0.15) is 0 Å². The van der Waals surface area contributed by atoms with Crippen LogP contribution in [0.5, 0.6) is 0 Å². The van der Waals surface area contributed by atoms with E-state index in [1.54, 1.807) is 12.1 Å². The van der Waals surface area contributed by atoms with E-state index in [1.165, 1.54) is 11.1 Å². The molecule has 2 amide bonds. The fourth-order valence-corrected chi connectivity index (χ4v) is 2.63. The number of nitrogens with one attached hydrogen (secondary N) is 3. The minimum Gasteiger partial charge on any atom is -0.376 e. The molecule has 5 nitrogen and oxygen atoms in total. The minimum absolute atomic E-state index is 0.0835. The lowest BCUT2D eigenvalue weighted by molar-refractivity contribution is -0.120. The van der Waals surface area contributed by atoms with Crippen LogP contribution in [-0.2, 0) is 11.2 Å². The second-order valence-corrected chi connectivity index (χ2v) is 6.47. The summed E-state index contributed by atoms with van der Waals surface area (Å²) >= 11 is 0. The fourth-order valence-electron chi connectivity index (χ4n) is 2.63. The third-order valence-electron chi connectivity index (χ3n) is 4.17. The highest BCUT2D eigenvalue weighted by atomic mass is 16.2. The van der Waals surface area contributed by atoms with Crippen molar-refractivity contribution in [1.29, 1.82) is 0 Å². The molecule has 2 rings (SSSR count). The highest BCUT2D eigenvalue weighted by Crippen LogP contribution is 2.15. The minimum atomic E-state index is -0.327. The van der Waals surface area contributed by atoms with E-state index < -0.39 is 0 Å². The van der Waals surface area contributed by atoms with Crippen LogP contribution >= 0.6 is 0 Å². The maximum atomic E-state index is 12.1. The van der Waals surface area contributed by atoms with Gasteiger partial charge in [-0.05, 0) is 56.0 Å². The smallest absolute Gasteiger partial charge is 0.269 e. The van der Waals surface area contributed by atoms with Crippen molar-refractivity contribution in [3.63, 3.8) is 0 Å². The number of amides is 2. The van der Waals surface area contributed by atoms with Gasteiger partial charge >= 0.3 is 0 Å². The van der Waals surface area contributed by atoms with Gasteiger partial charge in [0.25, 0.3) is 11.8 Å². The lowest BCUT2D eigenvalue weighted by atomic mass is 10.1. The monoisotopic (exact) mass is 353 g/mol. The predicted octanol–water partition coefficient (Wildman–Crippen LogP) is 3.52. The lowest BCUT2D eigenvalue weighted by Crippen LogP contribution is -2.44. The predicted molar refractivity (Wildman–Crippen MR) is 105 cm³/mol. The van der Waals surface area contributed by atoms with Crippen molar-refractivity contribution >= 4 is 17.5 Å². The number of unbranched alkanes of at least 4 members (excludes halogenated alkanes) is 1. The zero-order valence-corrected chi connectivity index (χ0v) is 15.7. The molecular formula is C21H27N3O2. The van der Waals surface area contributed by atoms with E-state index >= 15 is 0 Å². The number of benzene rings is 2. The number of hydrogen-bond donors (Lipinski definition) is 3. The van der Waals surface area contributed by atoms with Crippen LogP contribution < -0.4 is 16.2 Å². The lowest BCUT2D eigenvalue weighted by Gasteiger charge is -2.11. The number of hydrazine groups is 1. The van der Waals surface area contributed by atoms with Gasteiger partial charge < -0.3 is 5.32 Å². The number of rotatable bonds is 7. The summed E-state index contributed by atoms with van der Waals surface area (Å²) in [6.07, 6.45) is 3.29. The molecule has 3 N–H and O–H groups in total. The highest BCUT2D eigenvalue weighted by molar-refractivity contribution is 5.95. The topological polar surface area (TPSA) is 70.2 Å². The molecule has 0 aliphatic carbocycles. The molecule has 0 aliphatic heterocycles. The van der Waals surface area contributed by atoms with Gasteiger partial charge in [-0.3, -0.25) is 20.4 Å². The maximum absolute atomic E-state index is 12.1. The maximum Gasteiger partial charge on any atom is 0.269 e. The molecule has 0 saturated heterocycles. The molecular weight excluding hydrogens is 326 g/mol. The van der Waals surface area contributed by atoms with E-state index in [4.69, 9.17) is 0 Å². The molecule has 0 radical (unpaired) electrons. The van der Waals surface area contributed by atoms with Crippen molar-refractivity contribution in [2.45, 2.75) is 40.0 Å². The van der Waals surface area contributed by atoms with Gasteiger partial charge in [0.1, 0.15) is 0 Å². The Morgan fingerprint density at radius 2 is 1.69 bits per heavy atom. The van der Waals surface area contributed by atoms with E-state index in [1.807, 2.05) is 44.2 Å². The normalized spacial score (nSPS) is 10.3. The van der Waals surface area contributed by atoms with Crippen LogP contribution in [0.2, 0.25) is 0 Å². The summed E-state index contributed by atoms with van der Waals surface area (Å²) in [5.41, 5.74) is 9.76. The number of carbonyl (C=O) groups excluding carboxylic acids is 2. The van der Waals surface area contributed by atoms with Crippen LogP contribution in [0.4, 0.5) is 5.69 Å².